The van der Waals surface area contributed by atoms with Gasteiger partial charge in [0.05, 0.1) is 0 Å². The van der Waals surface area contributed by atoms with Gasteiger partial charge in [0.2, 0.25) is 5.91 Å². The monoisotopic (exact) mass is 256 g/mol. The van der Waals surface area contributed by atoms with Crippen molar-refractivity contribution in [1.29, 1.82) is 0 Å². The maximum atomic E-state index is 11.9. The smallest absolute Gasteiger partial charge is 0.225 e. The topological polar surface area (TPSA) is 41.1 Å². The van der Waals surface area contributed by atoms with E-state index in [1.807, 2.05) is 50.2 Å². The van der Waals surface area contributed by atoms with Crippen molar-refractivity contribution in [1.82, 2.24) is 5.32 Å². The molecule has 2 N–H and O–H groups in total. The molecule has 0 aliphatic carbocycles. The Morgan fingerprint density at radius 3 is 2.63 bits per heavy atom. The molecule has 2 rings (SSSR count). The summed E-state index contributed by atoms with van der Waals surface area (Å²) in [5.41, 5.74) is 0.854. The van der Waals surface area contributed by atoms with Gasteiger partial charge in [0, 0.05) is 18.2 Å². The maximum absolute atomic E-state index is 11.9. The number of hydrogen-bond acceptors (Lipinski definition) is 2. The summed E-state index contributed by atoms with van der Waals surface area (Å²) >= 11 is 0. The van der Waals surface area contributed by atoms with Gasteiger partial charge in [-0.15, -0.1) is 0 Å². The second kappa shape index (κ2) is 6.34. The molecule has 0 saturated carbocycles. The molecule has 2 aromatic carbocycles. The molecule has 3 nitrogen and oxygen atoms in total. The van der Waals surface area contributed by atoms with Gasteiger partial charge >= 0.3 is 0 Å². The number of hydrogen-bond donors (Lipinski definition) is 2. The van der Waals surface area contributed by atoms with Crippen molar-refractivity contribution < 1.29 is 4.79 Å². The summed E-state index contributed by atoms with van der Waals surface area (Å²) in [5.74, 6) is 0.0451. The summed E-state index contributed by atoms with van der Waals surface area (Å²) in [6, 6.07) is 14.3. The first kappa shape index (κ1) is 13.6. The number of amides is 1. The lowest BCUT2D eigenvalue weighted by Gasteiger charge is -2.12. The van der Waals surface area contributed by atoms with Crippen molar-refractivity contribution in [2.45, 2.75) is 26.3 Å². The van der Waals surface area contributed by atoms with Crippen molar-refractivity contribution in [3.8, 4) is 0 Å². The average molecular weight is 256 g/mol. The van der Waals surface area contributed by atoms with Gasteiger partial charge in [-0.2, -0.15) is 0 Å². The van der Waals surface area contributed by atoms with Gasteiger partial charge in [-0.05, 0) is 36.4 Å². The number of fused-ring (bicyclic) bond motifs is 1. The molecule has 0 heterocycles. The minimum atomic E-state index is 0.0451. The Morgan fingerprint density at radius 2 is 1.89 bits per heavy atom. The van der Waals surface area contributed by atoms with E-state index >= 15 is 0 Å². The van der Waals surface area contributed by atoms with Crippen LogP contribution in [0.2, 0.25) is 0 Å². The molecule has 0 aliphatic rings. The molecule has 1 unspecified atom stereocenters. The standard InChI is InChI=1S/C16H20N2O/c1-3-17-12(2)10-16(19)18-15-9-8-13-6-4-5-7-14(13)11-15/h4-9,11-12,17H,3,10H2,1-2H3,(H,18,19). The molecular weight excluding hydrogens is 236 g/mol. The molecule has 1 amide bonds. The Kier molecular flexibility index (Phi) is 4.53. The van der Waals surface area contributed by atoms with Crippen molar-refractivity contribution in [2.24, 2.45) is 0 Å². The van der Waals surface area contributed by atoms with E-state index in [4.69, 9.17) is 0 Å². The minimum absolute atomic E-state index is 0.0451. The zero-order valence-electron chi connectivity index (χ0n) is 11.4. The Labute approximate surface area is 114 Å². The lowest BCUT2D eigenvalue weighted by atomic mass is 10.1. The van der Waals surface area contributed by atoms with Crippen LogP contribution in [0.5, 0.6) is 0 Å². The highest BCUT2D eigenvalue weighted by atomic mass is 16.1. The third-order valence-electron chi connectivity index (χ3n) is 3.08. The van der Waals surface area contributed by atoms with Crippen LogP contribution in [0.3, 0.4) is 0 Å². The van der Waals surface area contributed by atoms with E-state index in [0.29, 0.717) is 6.42 Å². The van der Waals surface area contributed by atoms with Crippen LogP contribution in [0.4, 0.5) is 5.69 Å². The van der Waals surface area contributed by atoms with Gasteiger partial charge in [0.15, 0.2) is 0 Å². The molecule has 0 bridgehead atoms. The average Bonchev–Trinajstić information content (AvgIpc) is 2.38. The molecule has 0 aromatic heterocycles. The van der Waals surface area contributed by atoms with Crippen LogP contribution >= 0.6 is 0 Å². The number of anilines is 1. The van der Waals surface area contributed by atoms with Crippen LogP contribution in [-0.4, -0.2) is 18.5 Å². The van der Waals surface area contributed by atoms with E-state index in [1.54, 1.807) is 0 Å². The summed E-state index contributed by atoms with van der Waals surface area (Å²) in [6.45, 7) is 4.94. The SMILES string of the molecule is CCNC(C)CC(=O)Nc1ccc2ccccc2c1. The van der Waals surface area contributed by atoms with Crippen LogP contribution in [0.25, 0.3) is 10.8 Å². The highest BCUT2D eigenvalue weighted by molar-refractivity contribution is 5.94. The highest BCUT2D eigenvalue weighted by Crippen LogP contribution is 2.18. The minimum Gasteiger partial charge on any atom is -0.326 e. The predicted molar refractivity (Wildman–Crippen MR) is 80.3 cm³/mol. The largest absolute Gasteiger partial charge is 0.326 e. The Bertz CT molecular complexity index is 565. The zero-order chi connectivity index (χ0) is 13.7. The number of carbonyl (C=O) groups excluding carboxylic acids is 1. The van der Waals surface area contributed by atoms with E-state index in [9.17, 15) is 4.79 Å². The van der Waals surface area contributed by atoms with Gasteiger partial charge in [-0.3, -0.25) is 4.79 Å². The third kappa shape index (κ3) is 3.80. The number of nitrogens with one attached hydrogen (secondary N) is 2. The number of benzene rings is 2. The van der Waals surface area contributed by atoms with Crippen molar-refractivity contribution in [2.75, 3.05) is 11.9 Å². The van der Waals surface area contributed by atoms with Crippen LogP contribution in [0.15, 0.2) is 42.5 Å². The van der Waals surface area contributed by atoms with Crippen molar-refractivity contribution >= 4 is 22.4 Å². The molecular formula is C16H20N2O. The van der Waals surface area contributed by atoms with Crippen molar-refractivity contribution in [3.05, 3.63) is 42.5 Å². The molecule has 1 atom stereocenters. The second-order valence-electron chi connectivity index (χ2n) is 4.77. The molecule has 0 saturated heterocycles. The molecule has 3 heteroatoms. The normalized spacial score (nSPS) is 12.3. The third-order valence-corrected chi connectivity index (χ3v) is 3.08. The van der Waals surface area contributed by atoms with E-state index < -0.39 is 0 Å². The van der Waals surface area contributed by atoms with E-state index in [-0.39, 0.29) is 11.9 Å². The molecule has 0 fully saturated rings. The summed E-state index contributed by atoms with van der Waals surface area (Å²) in [6.07, 6.45) is 0.487. The quantitative estimate of drug-likeness (QED) is 0.862. The van der Waals surface area contributed by atoms with Gasteiger partial charge < -0.3 is 10.6 Å². The van der Waals surface area contributed by atoms with Crippen LogP contribution in [0.1, 0.15) is 20.3 Å². The van der Waals surface area contributed by atoms with Gasteiger partial charge in [0.25, 0.3) is 0 Å². The lowest BCUT2D eigenvalue weighted by Crippen LogP contribution is -2.30. The van der Waals surface area contributed by atoms with Crippen molar-refractivity contribution in [3.63, 3.8) is 0 Å². The fourth-order valence-electron chi connectivity index (χ4n) is 2.18. The Hall–Kier alpha value is -1.87. The van der Waals surface area contributed by atoms with Crippen LogP contribution in [-0.2, 0) is 4.79 Å². The molecule has 100 valence electrons. The molecule has 0 spiro atoms. The highest BCUT2D eigenvalue weighted by Gasteiger charge is 2.08. The van der Waals surface area contributed by atoms with Gasteiger partial charge in [-0.25, -0.2) is 0 Å². The second-order valence-corrected chi connectivity index (χ2v) is 4.77. The maximum Gasteiger partial charge on any atom is 0.225 e. The first-order valence-electron chi connectivity index (χ1n) is 6.71. The van der Waals surface area contributed by atoms with Gasteiger partial charge in [-0.1, -0.05) is 37.3 Å². The molecule has 0 radical (unpaired) electrons. The predicted octanol–water partition coefficient (Wildman–Crippen LogP) is 3.17. The Morgan fingerprint density at radius 1 is 1.16 bits per heavy atom. The summed E-state index contributed by atoms with van der Waals surface area (Å²) in [4.78, 5) is 11.9. The molecule has 2 aromatic rings. The molecule has 19 heavy (non-hydrogen) atoms. The lowest BCUT2D eigenvalue weighted by molar-refractivity contribution is -0.116. The number of rotatable bonds is 5. The summed E-state index contributed by atoms with van der Waals surface area (Å²) in [5, 5.41) is 8.50. The summed E-state index contributed by atoms with van der Waals surface area (Å²) in [7, 11) is 0. The first-order chi connectivity index (χ1) is 9.19. The number of carbonyl (C=O) groups is 1. The van der Waals surface area contributed by atoms with E-state index in [1.165, 1.54) is 5.39 Å². The zero-order valence-corrected chi connectivity index (χ0v) is 11.4. The fourth-order valence-corrected chi connectivity index (χ4v) is 2.18. The first-order valence-corrected chi connectivity index (χ1v) is 6.71. The van der Waals surface area contributed by atoms with E-state index in [2.05, 4.69) is 16.7 Å². The summed E-state index contributed by atoms with van der Waals surface area (Å²) < 4.78 is 0. The van der Waals surface area contributed by atoms with Gasteiger partial charge in [0.1, 0.15) is 0 Å². The Balaban J connectivity index is 2.02. The fraction of sp³-hybridized carbons (Fsp3) is 0.312. The van der Waals surface area contributed by atoms with Crippen LogP contribution < -0.4 is 10.6 Å². The molecule has 0 aliphatic heterocycles. The van der Waals surface area contributed by atoms with E-state index in [0.717, 1.165) is 17.6 Å². The van der Waals surface area contributed by atoms with Crippen LogP contribution in [0, 0.1) is 0 Å².